The van der Waals surface area contributed by atoms with Gasteiger partial charge in [-0.25, -0.2) is 4.79 Å². The molecular weight excluding hydrogens is 387 g/mol. The number of piperidine rings is 1. The summed E-state index contributed by atoms with van der Waals surface area (Å²) in [5.41, 5.74) is 0.119. The highest BCUT2D eigenvalue weighted by molar-refractivity contribution is 6.36. The lowest BCUT2D eigenvalue weighted by molar-refractivity contribution is -0.138. The van der Waals surface area contributed by atoms with E-state index in [0.29, 0.717) is 36.1 Å². The standard InChI is InChI=1S/C20H28Cl2N2O3/c1-5-23(13-14-15(21)9-8-10-16(14)22)18(25)17-11-6-7-12-24(17)19(26)27-20(2,3)4/h8-10,17H,5-7,11-13H2,1-4H3/t17-/m0/s1. The van der Waals surface area contributed by atoms with E-state index in [1.54, 1.807) is 28.0 Å². The molecule has 27 heavy (non-hydrogen) atoms. The summed E-state index contributed by atoms with van der Waals surface area (Å²) in [7, 11) is 0. The van der Waals surface area contributed by atoms with Crippen molar-refractivity contribution < 1.29 is 14.3 Å². The van der Waals surface area contributed by atoms with Gasteiger partial charge in [-0.15, -0.1) is 0 Å². The predicted molar refractivity (Wildman–Crippen MR) is 108 cm³/mol. The minimum absolute atomic E-state index is 0.0981. The van der Waals surface area contributed by atoms with E-state index >= 15 is 0 Å². The number of benzene rings is 1. The van der Waals surface area contributed by atoms with E-state index < -0.39 is 17.7 Å². The summed E-state index contributed by atoms with van der Waals surface area (Å²) in [5, 5.41) is 1.06. The monoisotopic (exact) mass is 414 g/mol. The fourth-order valence-corrected chi connectivity index (χ4v) is 3.67. The Kier molecular flexibility index (Phi) is 7.40. The molecule has 1 aromatic carbocycles. The van der Waals surface area contributed by atoms with Crippen LogP contribution in [0.5, 0.6) is 0 Å². The number of halogens is 2. The number of carbonyl (C=O) groups is 2. The number of ether oxygens (including phenoxy) is 1. The van der Waals surface area contributed by atoms with Gasteiger partial charge in [-0.1, -0.05) is 29.3 Å². The fourth-order valence-electron chi connectivity index (χ4n) is 3.16. The maximum absolute atomic E-state index is 13.2. The summed E-state index contributed by atoms with van der Waals surface area (Å²) in [6.45, 7) is 8.71. The summed E-state index contributed by atoms with van der Waals surface area (Å²) in [6, 6.07) is 4.77. The molecule has 0 spiro atoms. The predicted octanol–water partition coefficient (Wildman–Crippen LogP) is 5.13. The van der Waals surface area contributed by atoms with E-state index in [0.717, 1.165) is 18.4 Å². The number of nitrogens with zero attached hydrogens (tertiary/aromatic N) is 2. The van der Waals surface area contributed by atoms with Crippen molar-refractivity contribution in [3.8, 4) is 0 Å². The maximum Gasteiger partial charge on any atom is 0.410 e. The summed E-state index contributed by atoms with van der Waals surface area (Å²) in [4.78, 5) is 29.1. The third-order valence-electron chi connectivity index (χ3n) is 4.52. The van der Waals surface area contributed by atoms with Crippen molar-refractivity contribution in [2.75, 3.05) is 13.1 Å². The Hall–Kier alpha value is -1.46. The molecule has 150 valence electrons. The Morgan fingerprint density at radius 3 is 2.41 bits per heavy atom. The van der Waals surface area contributed by atoms with Gasteiger partial charge >= 0.3 is 6.09 Å². The minimum atomic E-state index is -0.600. The van der Waals surface area contributed by atoms with Gasteiger partial charge in [0.1, 0.15) is 11.6 Å². The van der Waals surface area contributed by atoms with Crippen molar-refractivity contribution in [2.24, 2.45) is 0 Å². The lowest BCUT2D eigenvalue weighted by atomic mass is 10.0. The molecule has 1 heterocycles. The lowest BCUT2D eigenvalue weighted by Crippen LogP contribution is -2.53. The van der Waals surface area contributed by atoms with Crippen molar-refractivity contribution in [3.05, 3.63) is 33.8 Å². The molecule has 1 aliphatic rings. The number of hydrogen-bond donors (Lipinski definition) is 0. The Balaban J connectivity index is 2.19. The van der Waals surface area contributed by atoms with Crippen LogP contribution in [0, 0.1) is 0 Å². The van der Waals surface area contributed by atoms with Gasteiger partial charge in [-0.2, -0.15) is 0 Å². The third kappa shape index (κ3) is 5.76. The van der Waals surface area contributed by atoms with Crippen LogP contribution in [0.2, 0.25) is 10.0 Å². The average molecular weight is 415 g/mol. The number of amides is 2. The van der Waals surface area contributed by atoms with Gasteiger partial charge in [0, 0.05) is 35.2 Å². The smallest absolute Gasteiger partial charge is 0.410 e. The minimum Gasteiger partial charge on any atom is -0.444 e. The third-order valence-corrected chi connectivity index (χ3v) is 5.23. The molecule has 5 nitrogen and oxygen atoms in total. The molecule has 0 saturated carbocycles. The van der Waals surface area contributed by atoms with Crippen LogP contribution in [-0.2, 0) is 16.1 Å². The largest absolute Gasteiger partial charge is 0.444 e. The van der Waals surface area contributed by atoms with E-state index in [-0.39, 0.29) is 5.91 Å². The van der Waals surface area contributed by atoms with Crippen LogP contribution < -0.4 is 0 Å². The first-order chi connectivity index (χ1) is 12.6. The van der Waals surface area contributed by atoms with Crippen LogP contribution in [0.25, 0.3) is 0 Å². The highest BCUT2D eigenvalue weighted by Gasteiger charge is 2.36. The van der Waals surface area contributed by atoms with Gasteiger partial charge in [-0.3, -0.25) is 9.69 Å². The number of carbonyl (C=O) groups excluding carboxylic acids is 2. The van der Waals surface area contributed by atoms with E-state index in [1.807, 2.05) is 27.7 Å². The Morgan fingerprint density at radius 1 is 1.22 bits per heavy atom. The van der Waals surface area contributed by atoms with E-state index in [2.05, 4.69) is 0 Å². The van der Waals surface area contributed by atoms with E-state index in [4.69, 9.17) is 27.9 Å². The highest BCUT2D eigenvalue weighted by atomic mass is 35.5. The van der Waals surface area contributed by atoms with Gasteiger partial charge in [0.15, 0.2) is 0 Å². The molecular formula is C20H28Cl2N2O3. The molecule has 1 fully saturated rings. The van der Waals surface area contributed by atoms with Crippen LogP contribution in [0.3, 0.4) is 0 Å². The van der Waals surface area contributed by atoms with E-state index in [9.17, 15) is 9.59 Å². The second-order valence-electron chi connectivity index (χ2n) is 7.74. The molecule has 1 aromatic rings. The van der Waals surface area contributed by atoms with Gasteiger partial charge in [0.25, 0.3) is 0 Å². The SMILES string of the molecule is CCN(Cc1c(Cl)cccc1Cl)C(=O)[C@@H]1CCCCN1C(=O)OC(C)(C)C. The Morgan fingerprint density at radius 2 is 1.85 bits per heavy atom. The topological polar surface area (TPSA) is 49.9 Å². The average Bonchev–Trinajstić information content (AvgIpc) is 2.59. The quantitative estimate of drug-likeness (QED) is 0.685. The Labute approximate surface area is 171 Å². The van der Waals surface area contributed by atoms with E-state index in [1.165, 1.54) is 0 Å². The number of likely N-dealkylation sites (N-methyl/N-ethyl adjacent to an activating group) is 1. The van der Waals surface area contributed by atoms with Gasteiger partial charge in [0.05, 0.1) is 0 Å². The molecule has 1 aliphatic heterocycles. The van der Waals surface area contributed by atoms with Gasteiger partial charge in [-0.05, 0) is 59.1 Å². The van der Waals surface area contributed by atoms with Crippen molar-refractivity contribution >= 4 is 35.2 Å². The summed E-state index contributed by atoms with van der Waals surface area (Å²) >= 11 is 12.5. The molecule has 0 aromatic heterocycles. The molecule has 2 amide bonds. The molecule has 0 radical (unpaired) electrons. The fraction of sp³-hybridized carbons (Fsp3) is 0.600. The van der Waals surface area contributed by atoms with Gasteiger partial charge < -0.3 is 9.64 Å². The number of likely N-dealkylation sites (tertiary alicyclic amines) is 1. The molecule has 0 unspecified atom stereocenters. The lowest BCUT2D eigenvalue weighted by Gasteiger charge is -2.38. The molecule has 2 rings (SSSR count). The molecule has 1 atom stereocenters. The van der Waals surface area contributed by atoms with Crippen LogP contribution >= 0.6 is 23.2 Å². The molecule has 7 heteroatoms. The van der Waals surface area contributed by atoms with Crippen LogP contribution in [0.4, 0.5) is 4.79 Å². The zero-order chi connectivity index (χ0) is 20.2. The zero-order valence-electron chi connectivity index (χ0n) is 16.4. The Bertz CT molecular complexity index is 668. The second kappa shape index (κ2) is 9.16. The van der Waals surface area contributed by atoms with Gasteiger partial charge in [0.2, 0.25) is 5.91 Å². The van der Waals surface area contributed by atoms with Crippen LogP contribution in [0.1, 0.15) is 52.5 Å². The zero-order valence-corrected chi connectivity index (χ0v) is 17.9. The molecule has 0 aliphatic carbocycles. The van der Waals surface area contributed by atoms with Crippen molar-refractivity contribution in [3.63, 3.8) is 0 Å². The van der Waals surface area contributed by atoms with Crippen molar-refractivity contribution in [1.29, 1.82) is 0 Å². The normalized spacial score (nSPS) is 17.6. The number of rotatable bonds is 4. The van der Waals surface area contributed by atoms with Crippen molar-refractivity contribution in [1.82, 2.24) is 9.80 Å². The summed E-state index contributed by atoms with van der Waals surface area (Å²) in [6.07, 6.45) is 1.96. The first-order valence-electron chi connectivity index (χ1n) is 9.35. The molecule has 0 bridgehead atoms. The highest BCUT2D eigenvalue weighted by Crippen LogP contribution is 2.27. The number of hydrogen-bond acceptors (Lipinski definition) is 3. The van der Waals surface area contributed by atoms with Crippen molar-refractivity contribution in [2.45, 2.75) is 65.1 Å². The van der Waals surface area contributed by atoms with Crippen LogP contribution in [-0.4, -0.2) is 46.5 Å². The second-order valence-corrected chi connectivity index (χ2v) is 8.55. The first kappa shape index (κ1) is 21.8. The summed E-state index contributed by atoms with van der Waals surface area (Å²) < 4.78 is 5.50. The molecule has 0 N–H and O–H groups in total. The maximum atomic E-state index is 13.2. The summed E-state index contributed by atoms with van der Waals surface area (Å²) in [5.74, 6) is -0.0981. The van der Waals surface area contributed by atoms with Crippen LogP contribution in [0.15, 0.2) is 18.2 Å². The molecule has 1 saturated heterocycles. The first-order valence-corrected chi connectivity index (χ1v) is 10.1.